The molecule has 2 N–H and O–H groups in total. The number of aryl methyl sites for hydroxylation is 2. The van der Waals surface area contributed by atoms with Crippen molar-refractivity contribution in [2.75, 3.05) is 13.1 Å². The summed E-state index contributed by atoms with van der Waals surface area (Å²) in [6.45, 7) is 6.65. The van der Waals surface area contributed by atoms with Gasteiger partial charge in [0, 0.05) is 6.54 Å². The first kappa shape index (κ1) is 12.3. The van der Waals surface area contributed by atoms with Crippen LogP contribution in [0.15, 0.2) is 4.79 Å². The van der Waals surface area contributed by atoms with Crippen molar-refractivity contribution < 1.29 is 0 Å². The maximum atomic E-state index is 12.0. The van der Waals surface area contributed by atoms with Gasteiger partial charge < -0.3 is 10.3 Å². The van der Waals surface area contributed by atoms with E-state index in [1.54, 1.807) is 6.92 Å². The van der Waals surface area contributed by atoms with Gasteiger partial charge in [0.1, 0.15) is 11.2 Å². The van der Waals surface area contributed by atoms with Gasteiger partial charge in [-0.1, -0.05) is 0 Å². The summed E-state index contributed by atoms with van der Waals surface area (Å²) in [4.78, 5) is 19.2. The molecule has 0 unspecified atom stereocenters. The maximum absolute atomic E-state index is 12.0. The number of hydrogen-bond acceptors (Lipinski definition) is 4. The van der Waals surface area contributed by atoms with Crippen molar-refractivity contribution in [2.24, 2.45) is 5.92 Å². The first-order chi connectivity index (χ1) is 9.15. The molecule has 0 aromatic carbocycles. The summed E-state index contributed by atoms with van der Waals surface area (Å²) < 4.78 is 1.91. The first-order valence-electron chi connectivity index (χ1n) is 6.80. The van der Waals surface area contributed by atoms with Crippen molar-refractivity contribution in [2.45, 2.75) is 33.2 Å². The Kier molecular flexibility index (Phi) is 3.10. The van der Waals surface area contributed by atoms with Gasteiger partial charge >= 0.3 is 0 Å². The summed E-state index contributed by atoms with van der Waals surface area (Å²) in [5.74, 6) is 1.26. The molecular weight excluding hydrogens is 242 g/mol. The molecule has 6 nitrogen and oxygen atoms in total. The Labute approximate surface area is 111 Å². The summed E-state index contributed by atoms with van der Waals surface area (Å²) in [5, 5.41) is 8.48. The number of nitrogens with zero attached hydrogens (tertiary/aromatic N) is 3. The zero-order valence-electron chi connectivity index (χ0n) is 11.4. The van der Waals surface area contributed by atoms with Crippen molar-refractivity contribution in [3.63, 3.8) is 0 Å². The molecule has 0 radical (unpaired) electrons. The average Bonchev–Trinajstić information content (AvgIpc) is 2.67. The number of nitrogens with one attached hydrogen (secondary N) is 2. The third kappa shape index (κ3) is 2.28. The second kappa shape index (κ2) is 4.77. The lowest BCUT2D eigenvalue weighted by molar-refractivity contribution is 0.324. The quantitative estimate of drug-likeness (QED) is 0.836. The number of fused-ring (bicyclic) bond motifs is 1. The lowest BCUT2D eigenvalue weighted by Crippen LogP contribution is -2.30. The highest BCUT2D eigenvalue weighted by Crippen LogP contribution is 2.18. The van der Waals surface area contributed by atoms with Gasteiger partial charge in [0.05, 0.1) is 5.69 Å². The van der Waals surface area contributed by atoms with E-state index in [4.69, 9.17) is 0 Å². The predicted octanol–water partition coefficient (Wildman–Crippen LogP) is 0.736. The van der Waals surface area contributed by atoms with Crippen LogP contribution in [0.25, 0.3) is 11.0 Å². The van der Waals surface area contributed by atoms with Crippen LogP contribution in [0.2, 0.25) is 0 Å². The molecule has 3 rings (SSSR count). The fourth-order valence-corrected chi connectivity index (χ4v) is 2.80. The molecule has 102 valence electrons. The van der Waals surface area contributed by atoms with E-state index >= 15 is 0 Å². The van der Waals surface area contributed by atoms with E-state index in [0.29, 0.717) is 17.1 Å². The first-order valence-corrected chi connectivity index (χ1v) is 6.80. The lowest BCUT2D eigenvalue weighted by Gasteiger charge is -2.22. The van der Waals surface area contributed by atoms with E-state index < -0.39 is 0 Å². The molecule has 1 aliphatic rings. The Bertz CT molecular complexity index is 651. The molecule has 19 heavy (non-hydrogen) atoms. The molecule has 0 atom stereocenters. The third-order valence-corrected chi connectivity index (χ3v) is 3.79. The van der Waals surface area contributed by atoms with Crippen LogP contribution in [-0.2, 0) is 6.54 Å². The van der Waals surface area contributed by atoms with E-state index in [2.05, 4.69) is 20.4 Å². The summed E-state index contributed by atoms with van der Waals surface area (Å²) in [5.41, 5.74) is 1.39. The predicted molar refractivity (Wildman–Crippen MR) is 73.2 cm³/mol. The van der Waals surface area contributed by atoms with Crippen LogP contribution in [0.4, 0.5) is 0 Å². The summed E-state index contributed by atoms with van der Waals surface area (Å²) in [6.07, 6.45) is 2.31. The largest absolute Gasteiger partial charge is 0.317 e. The SMILES string of the molecule is Cc1nc2c(c(C)nn2CC2CCNCC2)c(=O)[nH]1. The Hall–Kier alpha value is -1.69. The Balaban J connectivity index is 2.01. The van der Waals surface area contributed by atoms with Gasteiger partial charge in [-0.2, -0.15) is 5.10 Å². The minimum Gasteiger partial charge on any atom is -0.317 e. The molecule has 1 fully saturated rings. The Morgan fingerprint density at radius 3 is 2.79 bits per heavy atom. The molecule has 6 heteroatoms. The van der Waals surface area contributed by atoms with Gasteiger partial charge in [-0.25, -0.2) is 9.67 Å². The minimum atomic E-state index is -0.0865. The molecule has 1 saturated heterocycles. The molecule has 0 aliphatic carbocycles. The highest BCUT2D eigenvalue weighted by molar-refractivity contribution is 5.76. The van der Waals surface area contributed by atoms with E-state index in [1.807, 2.05) is 11.6 Å². The molecule has 2 aromatic heterocycles. The molecule has 0 spiro atoms. The van der Waals surface area contributed by atoms with Crippen molar-refractivity contribution >= 4 is 11.0 Å². The van der Waals surface area contributed by atoms with Crippen LogP contribution in [-0.4, -0.2) is 32.8 Å². The van der Waals surface area contributed by atoms with Gasteiger partial charge in [0.2, 0.25) is 0 Å². The number of rotatable bonds is 2. The van der Waals surface area contributed by atoms with E-state index in [1.165, 1.54) is 0 Å². The van der Waals surface area contributed by atoms with Gasteiger partial charge in [-0.15, -0.1) is 0 Å². The average molecular weight is 261 g/mol. The van der Waals surface area contributed by atoms with E-state index in [-0.39, 0.29) is 5.56 Å². The van der Waals surface area contributed by atoms with Crippen LogP contribution in [0.5, 0.6) is 0 Å². The highest BCUT2D eigenvalue weighted by atomic mass is 16.1. The molecule has 3 heterocycles. The van der Waals surface area contributed by atoms with Crippen LogP contribution in [0, 0.1) is 19.8 Å². The molecule has 1 aliphatic heterocycles. The van der Waals surface area contributed by atoms with Crippen LogP contribution in [0.1, 0.15) is 24.4 Å². The van der Waals surface area contributed by atoms with Crippen molar-refractivity contribution in [3.05, 3.63) is 21.9 Å². The lowest BCUT2D eigenvalue weighted by atomic mass is 9.98. The number of aromatic amines is 1. The standard InChI is InChI=1S/C13H19N5O/c1-8-11-12(15-9(2)16-13(11)19)18(17-8)7-10-3-5-14-6-4-10/h10,14H,3-7H2,1-2H3,(H,15,16,19). The maximum Gasteiger partial charge on any atom is 0.262 e. The number of H-pyrrole nitrogens is 1. The normalized spacial score (nSPS) is 17.2. The van der Waals surface area contributed by atoms with Crippen LogP contribution in [0.3, 0.4) is 0 Å². The van der Waals surface area contributed by atoms with Crippen LogP contribution >= 0.6 is 0 Å². The van der Waals surface area contributed by atoms with Crippen LogP contribution < -0.4 is 10.9 Å². The van der Waals surface area contributed by atoms with Gasteiger partial charge in [0.15, 0.2) is 5.65 Å². The molecular formula is C13H19N5O. The smallest absolute Gasteiger partial charge is 0.262 e. The minimum absolute atomic E-state index is 0.0865. The molecule has 0 saturated carbocycles. The number of piperidine rings is 1. The van der Waals surface area contributed by atoms with Gasteiger partial charge in [-0.3, -0.25) is 4.79 Å². The third-order valence-electron chi connectivity index (χ3n) is 3.79. The summed E-state index contributed by atoms with van der Waals surface area (Å²) in [7, 11) is 0. The summed E-state index contributed by atoms with van der Waals surface area (Å²) >= 11 is 0. The van der Waals surface area contributed by atoms with Gasteiger partial charge in [-0.05, 0) is 45.7 Å². The summed E-state index contributed by atoms with van der Waals surface area (Å²) in [6, 6.07) is 0. The topological polar surface area (TPSA) is 75.6 Å². The van der Waals surface area contributed by atoms with Crippen molar-refractivity contribution in [1.29, 1.82) is 0 Å². The molecule has 0 amide bonds. The molecule has 2 aromatic rings. The fourth-order valence-electron chi connectivity index (χ4n) is 2.80. The highest BCUT2D eigenvalue weighted by Gasteiger charge is 2.18. The zero-order valence-corrected chi connectivity index (χ0v) is 11.4. The second-order valence-corrected chi connectivity index (χ2v) is 5.31. The molecule has 0 bridgehead atoms. The Morgan fingerprint density at radius 2 is 2.05 bits per heavy atom. The van der Waals surface area contributed by atoms with E-state index in [0.717, 1.165) is 43.8 Å². The number of aromatic nitrogens is 4. The van der Waals surface area contributed by atoms with Gasteiger partial charge in [0.25, 0.3) is 5.56 Å². The monoisotopic (exact) mass is 261 g/mol. The Morgan fingerprint density at radius 1 is 1.32 bits per heavy atom. The van der Waals surface area contributed by atoms with E-state index in [9.17, 15) is 4.79 Å². The number of hydrogen-bond donors (Lipinski definition) is 2. The van der Waals surface area contributed by atoms with Crippen molar-refractivity contribution in [1.82, 2.24) is 25.1 Å². The zero-order chi connectivity index (χ0) is 13.4. The second-order valence-electron chi connectivity index (χ2n) is 5.31. The van der Waals surface area contributed by atoms with Crippen molar-refractivity contribution in [3.8, 4) is 0 Å². The fraction of sp³-hybridized carbons (Fsp3) is 0.615.